The molecule has 0 fully saturated rings. The maximum absolute atomic E-state index is 6.61. The van der Waals surface area contributed by atoms with E-state index >= 15 is 0 Å². The predicted octanol–water partition coefficient (Wildman–Crippen LogP) is 9.51. The summed E-state index contributed by atoms with van der Waals surface area (Å²) in [4.78, 5) is 2.55. The van der Waals surface area contributed by atoms with Crippen molar-refractivity contribution in [2.24, 2.45) is 0 Å². The minimum atomic E-state index is 0.227. The number of nitrogens with zero attached hydrogens (tertiary/aromatic N) is 1. The van der Waals surface area contributed by atoms with E-state index in [1.165, 1.54) is 57.5 Å². The number of nitrogen functional groups attached to an aromatic ring is 2. The number of benzene rings is 4. The van der Waals surface area contributed by atoms with Crippen molar-refractivity contribution in [2.75, 3.05) is 18.5 Å². The molecule has 1 atom stereocenters. The number of nitrogens with two attached hydrogens (primary N) is 2. The van der Waals surface area contributed by atoms with Gasteiger partial charge in [0.15, 0.2) is 0 Å². The van der Waals surface area contributed by atoms with Crippen LogP contribution in [-0.2, 0) is 0 Å². The van der Waals surface area contributed by atoms with Crippen molar-refractivity contribution >= 4 is 23.5 Å². The van der Waals surface area contributed by atoms with Crippen LogP contribution in [0.3, 0.4) is 0 Å². The Hall–Kier alpha value is -4.50. The first-order valence-corrected chi connectivity index (χ1v) is 14.8. The van der Waals surface area contributed by atoms with Crippen molar-refractivity contribution in [1.82, 2.24) is 4.90 Å². The van der Waals surface area contributed by atoms with E-state index in [0.29, 0.717) is 11.4 Å². The fourth-order valence-electron chi connectivity index (χ4n) is 6.52. The summed E-state index contributed by atoms with van der Waals surface area (Å²) in [5, 5.41) is 0. The molecule has 0 aromatic heterocycles. The molecule has 206 valence electrons. The average molecular weight is 538 g/mol. The van der Waals surface area contributed by atoms with Crippen LogP contribution < -0.4 is 11.5 Å². The van der Waals surface area contributed by atoms with Gasteiger partial charge in [0.05, 0.1) is 17.4 Å². The lowest BCUT2D eigenvalue weighted by atomic mass is 9.80. The van der Waals surface area contributed by atoms with Gasteiger partial charge in [-0.2, -0.15) is 0 Å². The van der Waals surface area contributed by atoms with Crippen molar-refractivity contribution in [3.63, 3.8) is 0 Å². The zero-order valence-corrected chi connectivity index (χ0v) is 24.1. The third kappa shape index (κ3) is 5.32. The smallest absolute Gasteiger partial charge is 0.0627 e. The number of hydrogen-bond donors (Lipinski definition) is 2. The average Bonchev–Trinajstić information content (AvgIpc) is 3.03. The molecule has 3 heteroatoms. The van der Waals surface area contributed by atoms with Crippen LogP contribution in [0.2, 0.25) is 0 Å². The summed E-state index contributed by atoms with van der Waals surface area (Å²) in [6.07, 6.45) is 11.9. The van der Waals surface area contributed by atoms with Crippen LogP contribution in [0.15, 0.2) is 114 Å². The monoisotopic (exact) mass is 537 g/mol. The van der Waals surface area contributed by atoms with E-state index < -0.39 is 0 Å². The molecule has 0 saturated heterocycles. The summed E-state index contributed by atoms with van der Waals surface area (Å²) in [5.74, 6) is 0. The molecule has 1 aliphatic heterocycles. The molecule has 4 aromatic rings. The van der Waals surface area contributed by atoms with Gasteiger partial charge in [0.25, 0.3) is 0 Å². The number of anilines is 2. The van der Waals surface area contributed by atoms with Crippen LogP contribution in [0.5, 0.6) is 0 Å². The van der Waals surface area contributed by atoms with Crippen LogP contribution in [0.4, 0.5) is 11.4 Å². The number of hydrogen-bond acceptors (Lipinski definition) is 3. The number of allylic oxidation sites excluding steroid dienone is 3. The van der Waals surface area contributed by atoms with Gasteiger partial charge < -0.3 is 16.4 Å². The Morgan fingerprint density at radius 3 is 1.93 bits per heavy atom. The van der Waals surface area contributed by atoms with Gasteiger partial charge in [-0.1, -0.05) is 84.9 Å². The maximum atomic E-state index is 6.61. The van der Waals surface area contributed by atoms with Gasteiger partial charge in [0, 0.05) is 12.7 Å². The second-order valence-corrected chi connectivity index (χ2v) is 11.3. The molecule has 0 saturated carbocycles. The maximum Gasteiger partial charge on any atom is 0.0627 e. The van der Waals surface area contributed by atoms with Crippen LogP contribution in [0.1, 0.15) is 61.8 Å². The zero-order chi connectivity index (χ0) is 28.3. The summed E-state index contributed by atoms with van der Waals surface area (Å²) in [7, 11) is 2.29. The van der Waals surface area contributed by atoms with E-state index in [2.05, 4.69) is 109 Å². The Morgan fingerprint density at radius 2 is 1.29 bits per heavy atom. The first-order chi connectivity index (χ1) is 20.0. The molecule has 1 heterocycles. The van der Waals surface area contributed by atoms with E-state index in [4.69, 9.17) is 11.5 Å². The van der Waals surface area contributed by atoms with Crippen molar-refractivity contribution in [3.8, 4) is 22.3 Å². The molecular weight excluding hydrogens is 498 g/mol. The molecule has 3 nitrogen and oxygen atoms in total. The summed E-state index contributed by atoms with van der Waals surface area (Å²) in [6, 6.07) is 33.0. The van der Waals surface area contributed by atoms with Crippen molar-refractivity contribution in [3.05, 3.63) is 131 Å². The molecule has 2 aliphatic rings. The summed E-state index contributed by atoms with van der Waals surface area (Å²) in [6.45, 7) is 2.00. The molecule has 1 aliphatic carbocycles. The highest BCUT2D eigenvalue weighted by Crippen LogP contribution is 2.46. The van der Waals surface area contributed by atoms with Crippen LogP contribution in [0.25, 0.3) is 34.4 Å². The summed E-state index contributed by atoms with van der Waals surface area (Å²) >= 11 is 0. The quantitative estimate of drug-likeness (QED) is 0.249. The standard InChI is InChI=1S/C38H39N3/c1-3-12-28-19-20-29(38(40)37(28)39)21-32-25-36(41(2)35-18-11-10-17-34(32)35)33-23-30(26-13-6-4-7-14-26)22-31(24-33)27-15-8-5-9-16-27/h3-9,12-16,19-24,36H,10-11,17-18,25,39-40H2,1-2H3/b12-3-,32-21+. The van der Waals surface area contributed by atoms with Crippen LogP contribution in [-0.4, -0.2) is 11.9 Å². The van der Waals surface area contributed by atoms with Gasteiger partial charge in [0.2, 0.25) is 0 Å². The molecule has 0 spiro atoms. The third-order valence-corrected chi connectivity index (χ3v) is 8.72. The highest BCUT2D eigenvalue weighted by atomic mass is 15.2. The van der Waals surface area contributed by atoms with Gasteiger partial charge >= 0.3 is 0 Å². The Kier molecular flexibility index (Phi) is 7.52. The van der Waals surface area contributed by atoms with Gasteiger partial charge in [-0.15, -0.1) is 0 Å². The van der Waals surface area contributed by atoms with Gasteiger partial charge in [0.1, 0.15) is 0 Å². The highest BCUT2D eigenvalue weighted by molar-refractivity contribution is 5.84. The molecule has 4 N–H and O–H groups in total. The van der Waals surface area contributed by atoms with Gasteiger partial charge in [-0.05, 0) is 113 Å². The van der Waals surface area contributed by atoms with E-state index in [1.54, 1.807) is 0 Å². The Balaban J connectivity index is 1.48. The number of rotatable bonds is 5. The van der Waals surface area contributed by atoms with Gasteiger partial charge in [-0.25, -0.2) is 0 Å². The predicted molar refractivity (Wildman–Crippen MR) is 176 cm³/mol. The van der Waals surface area contributed by atoms with Crippen molar-refractivity contribution < 1.29 is 0 Å². The Morgan fingerprint density at radius 1 is 0.707 bits per heavy atom. The SMILES string of the molecule is C/C=C\c1ccc(/C=C2\CC(c3cc(-c4ccccc4)cc(-c4ccccc4)c3)N(C)C3=C2CCCC3)c(N)c1N. The molecular formula is C38H39N3. The lowest BCUT2D eigenvalue weighted by molar-refractivity contribution is 0.270. The van der Waals surface area contributed by atoms with Gasteiger partial charge in [-0.3, -0.25) is 0 Å². The molecule has 6 rings (SSSR count). The normalized spacial score (nSPS) is 18.2. The molecule has 0 amide bonds. The molecule has 1 unspecified atom stereocenters. The molecule has 4 aromatic carbocycles. The van der Waals surface area contributed by atoms with E-state index in [1.807, 2.05) is 19.1 Å². The second kappa shape index (κ2) is 11.5. The van der Waals surface area contributed by atoms with E-state index in [-0.39, 0.29) is 6.04 Å². The molecule has 0 bridgehead atoms. The summed E-state index contributed by atoms with van der Waals surface area (Å²) < 4.78 is 0. The minimum Gasteiger partial charge on any atom is -0.397 e. The first-order valence-electron chi connectivity index (χ1n) is 14.8. The highest BCUT2D eigenvalue weighted by Gasteiger charge is 2.32. The zero-order valence-electron chi connectivity index (χ0n) is 24.1. The second-order valence-electron chi connectivity index (χ2n) is 11.3. The van der Waals surface area contributed by atoms with Crippen LogP contribution >= 0.6 is 0 Å². The van der Waals surface area contributed by atoms with E-state index in [0.717, 1.165) is 30.4 Å². The summed E-state index contributed by atoms with van der Waals surface area (Å²) in [5.41, 5.74) is 27.0. The van der Waals surface area contributed by atoms with Crippen LogP contribution in [0, 0.1) is 0 Å². The fraction of sp³-hybridized carbons (Fsp3) is 0.211. The fourth-order valence-corrected chi connectivity index (χ4v) is 6.52. The Bertz CT molecular complexity index is 1590. The topological polar surface area (TPSA) is 55.3 Å². The molecule has 0 radical (unpaired) electrons. The molecule has 41 heavy (non-hydrogen) atoms. The lowest BCUT2D eigenvalue weighted by Gasteiger charge is -2.42. The largest absolute Gasteiger partial charge is 0.397 e. The Labute approximate surface area is 244 Å². The van der Waals surface area contributed by atoms with Crippen molar-refractivity contribution in [1.29, 1.82) is 0 Å². The first kappa shape index (κ1) is 26.7. The third-order valence-electron chi connectivity index (χ3n) is 8.72. The lowest BCUT2D eigenvalue weighted by Crippen LogP contribution is -2.31. The van der Waals surface area contributed by atoms with Crippen molar-refractivity contribution in [2.45, 2.75) is 45.1 Å². The van der Waals surface area contributed by atoms with E-state index in [9.17, 15) is 0 Å². The minimum absolute atomic E-state index is 0.227.